The van der Waals surface area contributed by atoms with Crippen LogP contribution in [-0.2, 0) is 14.8 Å². The maximum absolute atomic E-state index is 12.4. The van der Waals surface area contributed by atoms with E-state index in [0.717, 1.165) is 5.56 Å². The van der Waals surface area contributed by atoms with Crippen LogP contribution >= 0.6 is 0 Å². The van der Waals surface area contributed by atoms with Crippen LogP contribution in [0.3, 0.4) is 0 Å². The quantitative estimate of drug-likeness (QED) is 0.617. The molecule has 1 atom stereocenters. The minimum absolute atomic E-state index is 0.0203. The number of aryl methyl sites for hydroxylation is 1. The number of hydrogen-bond donors (Lipinski definition) is 2. The molecular weight excluding hydrogens is 392 g/mol. The molecule has 0 aliphatic heterocycles. The van der Waals surface area contributed by atoms with Gasteiger partial charge in [-0.05, 0) is 56.3 Å². The van der Waals surface area contributed by atoms with Gasteiger partial charge in [-0.2, -0.15) is 0 Å². The van der Waals surface area contributed by atoms with Gasteiger partial charge in [0.05, 0.1) is 4.90 Å². The van der Waals surface area contributed by atoms with Crippen molar-refractivity contribution in [3.8, 4) is 5.75 Å². The molecule has 1 aromatic heterocycles. The van der Waals surface area contributed by atoms with Crippen molar-refractivity contribution < 1.29 is 17.9 Å². The Labute approximate surface area is 169 Å². The lowest BCUT2D eigenvalue weighted by atomic mass is 10.2. The summed E-state index contributed by atoms with van der Waals surface area (Å²) in [5, 5.41) is 2.70. The summed E-state index contributed by atoms with van der Waals surface area (Å²) < 4.78 is 32.6. The van der Waals surface area contributed by atoms with Crippen LogP contribution in [0.25, 0.3) is 0 Å². The van der Waals surface area contributed by atoms with Gasteiger partial charge in [0.2, 0.25) is 5.95 Å². The SMILES string of the molecule is Cc1ccc(O[C@@H](C)C(=O)Nc2ccc(S(=O)(=O)Nc3ncccn3)cc2)cc1. The highest BCUT2D eigenvalue weighted by molar-refractivity contribution is 7.92. The smallest absolute Gasteiger partial charge is 0.265 e. The first-order valence-corrected chi connectivity index (χ1v) is 10.3. The van der Waals surface area contributed by atoms with E-state index in [1.54, 1.807) is 25.1 Å². The molecule has 1 heterocycles. The summed E-state index contributed by atoms with van der Waals surface area (Å²) in [4.78, 5) is 20.0. The molecule has 3 aromatic rings. The second-order valence-corrected chi connectivity index (χ2v) is 7.95. The van der Waals surface area contributed by atoms with E-state index in [-0.39, 0.29) is 16.8 Å². The van der Waals surface area contributed by atoms with Crippen LogP contribution in [0.1, 0.15) is 12.5 Å². The molecule has 0 bridgehead atoms. The summed E-state index contributed by atoms with van der Waals surface area (Å²) >= 11 is 0. The molecule has 0 spiro atoms. The molecule has 0 fully saturated rings. The lowest BCUT2D eigenvalue weighted by Gasteiger charge is -2.15. The Balaban J connectivity index is 1.62. The van der Waals surface area contributed by atoms with Crippen molar-refractivity contribution in [1.82, 2.24) is 9.97 Å². The van der Waals surface area contributed by atoms with Gasteiger partial charge < -0.3 is 10.1 Å². The first kappa shape index (κ1) is 20.3. The molecular formula is C20H20N4O4S. The molecule has 0 aliphatic rings. The maximum Gasteiger partial charge on any atom is 0.265 e. The molecule has 0 saturated carbocycles. The van der Waals surface area contributed by atoms with Crippen LogP contribution < -0.4 is 14.8 Å². The number of sulfonamides is 1. The third-order valence-electron chi connectivity index (χ3n) is 3.93. The fourth-order valence-electron chi connectivity index (χ4n) is 2.37. The largest absolute Gasteiger partial charge is 0.481 e. The number of nitrogens with zero attached hydrogens (tertiary/aromatic N) is 2. The summed E-state index contributed by atoms with van der Waals surface area (Å²) in [5.41, 5.74) is 1.54. The summed E-state index contributed by atoms with van der Waals surface area (Å²) in [6.45, 7) is 3.60. The Kier molecular flexibility index (Phi) is 6.08. The summed E-state index contributed by atoms with van der Waals surface area (Å²) in [6.07, 6.45) is 2.14. The lowest BCUT2D eigenvalue weighted by Crippen LogP contribution is -2.30. The number of hydrogen-bond acceptors (Lipinski definition) is 6. The number of amides is 1. The molecule has 9 heteroatoms. The molecule has 2 aromatic carbocycles. The highest BCUT2D eigenvalue weighted by Gasteiger charge is 2.17. The van der Waals surface area contributed by atoms with Crippen LogP contribution in [0.15, 0.2) is 71.9 Å². The fraction of sp³-hybridized carbons (Fsp3) is 0.150. The van der Waals surface area contributed by atoms with Crippen LogP contribution in [0.2, 0.25) is 0 Å². The van der Waals surface area contributed by atoms with Gasteiger partial charge in [-0.1, -0.05) is 17.7 Å². The van der Waals surface area contributed by atoms with E-state index in [4.69, 9.17) is 4.74 Å². The predicted molar refractivity (Wildman–Crippen MR) is 109 cm³/mol. The van der Waals surface area contributed by atoms with Gasteiger partial charge in [0, 0.05) is 18.1 Å². The first-order valence-electron chi connectivity index (χ1n) is 8.77. The predicted octanol–water partition coefficient (Wildman–Crippen LogP) is 2.99. The summed E-state index contributed by atoms with van der Waals surface area (Å²) in [5.74, 6) is 0.220. The van der Waals surface area contributed by atoms with E-state index < -0.39 is 16.1 Å². The highest BCUT2D eigenvalue weighted by Crippen LogP contribution is 2.18. The number of carbonyl (C=O) groups excluding carboxylic acids is 1. The van der Waals surface area contributed by atoms with Gasteiger partial charge in [0.1, 0.15) is 5.75 Å². The standard InChI is InChI=1S/C20H20N4O4S/c1-14-4-8-17(9-5-14)28-15(2)19(25)23-16-6-10-18(11-7-16)29(26,27)24-20-21-12-3-13-22-20/h3-13,15H,1-2H3,(H,23,25)(H,21,22,24)/t15-/m0/s1. The molecule has 0 radical (unpaired) electrons. The molecule has 8 nitrogen and oxygen atoms in total. The molecule has 3 rings (SSSR count). The van der Waals surface area contributed by atoms with E-state index in [1.165, 1.54) is 36.7 Å². The lowest BCUT2D eigenvalue weighted by molar-refractivity contribution is -0.122. The van der Waals surface area contributed by atoms with Crippen LogP contribution in [-0.4, -0.2) is 30.4 Å². The molecule has 0 saturated heterocycles. The normalized spacial score (nSPS) is 12.1. The Morgan fingerprint density at radius 2 is 1.62 bits per heavy atom. The van der Waals surface area contributed by atoms with Crippen molar-refractivity contribution >= 4 is 27.6 Å². The summed E-state index contributed by atoms with van der Waals surface area (Å²) in [7, 11) is -3.83. The van der Waals surface area contributed by atoms with Gasteiger partial charge in [-0.15, -0.1) is 0 Å². The first-order chi connectivity index (χ1) is 13.8. The third kappa shape index (κ3) is 5.52. The zero-order valence-corrected chi connectivity index (χ0v) is 16.7. The maximum atomic E-state index is 12.4. The molecule has 0 unspecified atom stereocenters. The van der Waals surface area contributed by atoms with Crippen molar-refractivity contribution in [2.45, 2.75) is 24.8 Å². The fourth-order valence-corrected chi connectivity index (χ4v) is 3.32. The molecule has 29 heavy (non-hydrogen) atoms. The van der Waals surface area contributed by atoms with Crippen molar-refractivity contribution in [3.63, 3.8) is 0 Å². The minimum atomic E-state index is -3.83. The van der Waals surface area contributed by atoms with Gasteiger partial charge in [-0.3, -0.25) is 4.79 Å². The van der Waals surface area contributed by atoms with Gasteiger partial charge in [0.15, 0.2) is 6.10 Å². The number of ether oxygens (including phenoxy) is 1. The molecule has 2 N–H and O–H groups in total. The van der Waals surface area contributed by atoms with E-state index in [9.17, 15) is 13.2 Å². The monoisotopic (exact) mass is 412 g/mol. The van der Waals surface area contributed by atoms with Crippen LogP contribution in [0, 0.1) is 6.92 Å². The summed E-state index contributed by atoms with van der Waals surface area (Å²) in [6, 6.07) is 14.7. The van der Waals surface area contributed by atoms with E-state index in [1.807, 2.05) is 19.1 Å². The Hall–Kier alpha value is -3.46. The van der Waals surface area contributed by atoms with Gasteiger partial charge in [-0.25, -0.2) is 23.1 Å². The number of benzene rings is 2. The zero-order chi connectivity index (χ0) is 20.9. The average Bonchev–Trinajstić information content (AvgIpc) is 2.70. The Bertz CT molecular complexity index is 1070. The van der Waals surface area contributed by atoms with E-state index in [2.05, 4.69) is 20.0 Å². The van der Waals surface area contributed by atoms with Crippen LogP contribution in [0.5, 0.6) is 5.75 Å². The highest BCUT2D eigenvalue weighted by atomic mass is 32.2. The van der Waals surface area contributed by atoms with Gasteiger partial charge in [0.25, 0.3) is 15.9 Å². The number of anilines is 2. The molecule has 150 valence electrons. The van der Waals surface area contributed by atoms with Crippen molar-refractivity contribution in [1.29, 1.82) is 0 Å². The molecule has 0 aliphatic carbocycles. The number of nitrogens with one attached hydrogen (secondary N) is 2. The average molecular weight is 412 g/mol. The minimum Gasteiger partial charge on any atom is -0.481 e. The molecule has 1 amide bonds. The van der Waals surface area contributed by atoms with E-state index in [0.29, 0.717) is 11.4 Å². The van der Waals surface area contributed by atoms with Crippen molar-refractivity contribution in [2.24, 2.45) is 0 Å². The second kappa shape index (κ2) is 8.70. The Morgan fingerprint density at radius 3 is 2.24 bits per heavy atom. The number of rotatable bonds is 7. The number of carbonyl (C=O) groups is 1. The number of aromatic nitrogens is 2. The Morgan fingerprint density at radius 1 is 1.00 bits per heavy atom. The van der Waals surface area contributed by atoms with Crippen molar-refractivity contribution in [3.05, 3.63) is 72.6 Å². The topological polar surface area (TPSA) is 110 Å². The van der Waals surface area contributed by atoms with Gasteiger partial charge >= 0.3 is 0 Å². The van der Waals surface area contributed by atoms with Crippen LogP contribution in [0.4, 0.5) is 11.6 Å². The third-order valence-corrected chi connectivity index (χ3v) is 5.27. The second-order valence-electron chi connectivity index (χ2n) is 6.26. The zero-order valence-electron chi connectivity index (χ0n) is 15.9. The van der Waals surface area contributed by atoms with Crippen molar-refractivity contribution in [2.75, 3.05) is 10.0 Å². The van der Waals surface area contributed by atoms with E-state index >= 15 is 0 Å².